The van der Waals surface area contributed by atoms with Crippen LogP contribution in [-0.2, 0) is 4.74 Å². The first-order chi connectivity index (χ1) is 13.4. The summed E-state index contributed by atoms with van der Waals surface area (Å²) in [6.45, 7) is 0.966. The van der Waals surface area contributed by atoms with Crippen LogP contribution in [0.3, 0.4) is 0 Å². The molecule has 1 saturated heterocycles. The Bertz CT molecular complexity index is 1040. The molecule has 2 fully saturated rings. The smallest absolute Gasteiger partial charge is 0.410 e. The number of halogens is 2. The van der Waals surface area contributed by atoms with Crippen LogP contribution in [0.25, 0.3) is 16.8 Å². The van der Waals surface area contributed by atoms with Crippen molar-refractivity contribution in [3.05, 3.63) is 24.3 Å². The Morgan fingerprint density at radius 1 is 1.36 bits per heavy atom. The number of likely N-dealkylation sites (tertiary alicyclic amines) is 1. The van der Waals surface area contributed by atoms with Crippen molar-refractivity contribution in [1.82, 2.24) is 29.5 Å². The number of carbonyl (C=O) groups excluding carboxylic acids is 1. The minimum absolute atomic E-state index is 0.0659. The van der Waals surface area contributed by atoms with Crippen molar-refractivity contribution in [2.45, 2.75) is 44.1 Å². The highest BCUT2D eigenvalue weighted by molar-refractivity contribution is 5.74. The van der Waals surface area contributed by atoms with Gasteiger partial charge in [0.05, 0.1) is 24.8 Å². The van der Waals surface area contributed by atoms with E-state index in [4.69, 9.17) is 4.74 Å². The van der Waals surface area contributed by atoms with Gasteiger partial charge in [-0.15, -0.1) is 10.2 Å². The summed E-state index contributed by atoms with van der Waals surface area (Å²) in [6, 6.07) is 1.93. The Kier molecular flexibility index (Phi) is 3.78. The number of alkyl halides is 2. The summed E-state index contributed by atoms with van der Waals surface area (Å²) in [5.74, 6) is -1.64. The van der Waals surface area contributed by atoms with Crippen LogP contribution in [-0.4, -0.2) is 60.7 Å². The number of carbonyl (C=O) groups is 1. The maximum atomic E-state index is 13.0. The van der Waals surface area contributed by atoms with Gasteiger partial charge in [0.1, 0.15) is 11.9 Å². The second kappa shape index (κ2) is 6.11. The van der Waals surface area contributed by atoms with E-state index in [9.17, 15) is 13.6 Å². The number of amides is 1. The fourth-order valence-corrected chi connectivity index (χ4v) is 4.43. The van der Waals surface area contributed by atoms with Crippen LogP contribution in [0.15, 0.2) is 18.5 Å². The Labute approximate surface area is 158 Å². The molecule has 3 atom stereocenters. The topological polar surface area (TPSA) is 88.4 Å². The van der Waals surface area contributed by atoms with Crippen molar-refractivity contribution in [3.63, 3.8) is 0 Å². The van der Waals surface area contributed by atoms with Gasteiger partial charge in [0.25, 0.3) is 5.92 Å². The van der Waals surface area contributed by atoms with Gasteiger partial charge in [-0.25, -0.2) is 18.6 Å². The lowest BCUT2D eigenvalue weighted by Crippen LogP contribution is -2.58. The number of ether oxygens (including phenoxy) is 1. The third kappa shape index (κ3) is 2.70. The van der Waals surface area contributed by atoms with Crippen LogP contribution in [0, 0.1) is 5.92 Å². The molecule has 0 unspecified atom stereocenters. The van der Waals surface area contributed by atoms with Gasteiger partial charge in [0.2, 0.25) is 0 Å². The van der Waals surface area contributed by atoms with E-state index >= 15 is 0 Å². The minimum atomic E-state index is -2.79. The van der Waals surface area contributed by atoms with Crippen molar-refractivity contribution in [2.24, 2.45) is 5.92 Å². The molecule has 3 aromatic rings. The summed E-state index contributed by atoms with van der Waals surface area (Å²) in [6.07, 6.45) is 4.71. The van der Waals surface area contributed by atoms with Crippen molar-refractivity contribution in [2.75, 3.05) is 13.1 Å². The lowest BCUT2D eigenvalue weighted by atomic mass is 9.93. The van der Waals surface area contributed by atoms with Crippen molar-refractivity contribution >= 4 is 22.9 Å². The van der Waals surface area contributed by atoms with Gasteiger partial charge in [-0.1, -0.05) is 13.3 Å². The first-order valence-electron chi connectivity index (χ1n) is 9.45. The molecule has 5 rings (SSSR count). The average Bonchev–Trinajstić information content (AvgIpc) is 3.35. The second-order valence-electron chi connectivity index (χ2n) is 7.69. The van der Waals surface area contributed by atoms with Crippen molar-refractivity contribution < 1.29 is 18.3 Å². The zero-order chi connectivity index (χ0) is 19.5. The summed E-state index contributed by atoms with van der Waals surface area (Å²) in [5, 5.41) is 8.66. The van der Waals surface area contributed by atoms with E-state index in [1.165, 1.54) is 0 Å². The number of H-pyrrole nitrogens is 1. The molecular weight excluding hydrogens is 370 g/mol. The van der Waals surface area contributed by atoms with E-state index < -0.39 is 25.1 Å². The van der Waals surface area contributed by atoms with Gasteiger partial charge < -0.3 is 9.72 Å². The van der Waals surface area contributed by atoms with Crippen LogP contribution in [0.1, 0.15) is 37.9 Å². The molecule has 10 heteroatoms. The molecule has 1 saturated carbocycles. The van der Waals surface area contributed by atoms with Gasteiger partial charge in [-0.2, -0.15) is 0 Å². The molecule has 0 spiro atoms. The van der Waals surface area contributed by atoms with Gasteiger partial charge in [0, 0.05) is 12.1 Å². The number of hydrogen-bond acceptors (Lipinski definition) is 5. The van der Waals surface area contributed by atoms with Gasteiger partial charge >= 0.3 is 6.09 Å². The molecule has 2 aliphatic rings. The number of nitrogens with one attached hydrogen (secondary N) is 1. The summed E-state index contributed by atoms with van der Waals surface area (Å²) >= 11 is 0. The largest absolute Gasteiger partial charge is 0.446 e. The van der Waals surface area contributed by atoms with Gasteiger partial charge in [-0.05, 0) is 24.8 Å². The maximum Gasteiger partial charge on any atom is 0.410 e. The normalized spacial score (nSPS) is 26.7. The molecule has 1 aliphatic heterocycles. The monoisotopic (exact) mass is 390 g/mol. The molecule has 8 nitrogen and oxygen atoms in total. The molecule has 0 radical (unpaired) electrons. The number of rotatable bonds is 3. The van der Waals surface area contributed by atoms with Crippen LogP contribution < -0.4 is 0 Å². The molecular formula is C18H20F2N6O2. The maximum absolute atomic E-state index is 13.0. The minimum Gasteiger partial charge on any atom is -0.446 e. The average molecular weight is 390 g/mol. The zero-order valence-electron chi connectivity index (χ0n) is 15.3. The summed E-state index contributed by atoms with van der Waals surface area (Å²) in [5.41, 5.74) is 2.32. The number of nitrogens with zero attached hydrogens (tertiary/aromatic N) is 5. The van der Waals surface area contributed by atoms with Crippen LogP contribution in [0.4, 0.5) is 13.6 Å². The highest BCUT2D eigenvalue weighted by Gasteiger charge is 2.48. The summed E-state index contributed by atoms with van der Waals surface area (Å²) in [7, 11) is 0. The van der Waals surface area contributed by atoms with Crippen LogP contribution >= 0.6 is 0 Å². The fourth-order valence-electron chi connectivity index (χ4n) is 4.43. The molecule has 3 aromatic heterocycles. The van der Waals surface area contributed by atoms with E-state index in [0.717, 1.165) is 28.3 Å². The van der Waals surface area contributed by atoms with E-state index in [-0.39, 0.29) is 17.9 Å². The first kappa shape index (κ1) is 17.3. The molecule has 28 heavy (non-hydrogen) atoms. The highest BCUT2D eigenvalue weighted by atomic mass is 19.3. The second-order valence-corrected chi connectivity index (χ2v) is 7.69. The molecule has 0 bridgehead atoms. The highest BCUT2D eigenvalue weighted by Crippen LogP contribution is 2.43. The predicted molar refractivity (Wildman–Crippen MR) is 95.2 cm³/mol. The molecule has 4 heterocycles. The van der Waals surface area contributed by atoms with Crippen molar-refractivity contribution in [1.29, 1.82) is 0 Å². The quantitative estimate of drug-likeness (QED) is 0.743. The first-order valence-corrected chi connectivity index (χ1v) is 9.45. The Balaban J connectivity index is 1.39. The Morgan fingerprint density at radius 2 is 2.18 bits per heavy atom. The Hall–Kier alpha value is -2.78. The SMILES string of the molecule is CC[C@@H]1C[C@H](OC(=O)N2CC(F)(F)C2)C[C@@H]1c1nnc2cnc3[nH]ccc3n12. The van der Waals surface area contributed by atoms with Crippen LogP contribution in [0.2, 0.25) is 0 Å². The number of fused-ring (bicyclic) bond motifs is 3. The Morgan fingerprint density at radius 3 is 2.93 bits per heavy atom. The van der Waals surface area contributed by atoms with Crippen LogP contribution in [0.5, 0.6) is 0 Å². The van der Waals surface area contributed by atoms with E-state index in [1.807, 2.05) is 16.7 Å². The summed E-state index contributed by atoms with van der Waals surface area (Å²) < 4.78 is 33.5. The third-order valence-corrected chi connectivity index (χ3v) is 5.84. The molecule has 0 aromatic carbocycles. The number of aromatic amines is 1. The summed E-state index contributed by atoms with van der Waals surface area (Å²) in [4.78, 5) is 20.6. The zero-order valence-corrected chi connectivity index (χ0v) is 15.3. The third-order valence-electron chi connectivity index (χ3n) is 5.84. The van der Waals surface area contributed by atoms with Gasteiger partial charge in [-0.3, -0.25) is 9.30 Å². The lowest BCUT2D eigenvalue weighted by molar-refractivity contribution is -0.122. The lowest BCUT2D eigenvalue weighted by Gasteiger charge is -2.38. The fraction of sp³-hybridized carbons (Fsp3) is 0.556. The standard InChI is InChI=1S/C18H20F2N6O2/c1-2-10-5-11(28-17(27)25-8-18(19,20)9-25)6-12(10)16-24-23-14-7-22-15-13(26(14)16)3-4-21-15/h3-4,7,10-12,21H,2,5-6,8-9H2,1H3/t10-,11+,12+/m1/s1. The predicted octanol–water partition coefficient (Wildman–Crippen LogP) is 2.97. The molecule has 1 amide bonds. The van der Waals surface area contributed by atoms with Crippen molar-refractivity contribution in [3.8, 4) is 0 Å². The molecule has 1 aliphatic carbocycles. The van der Waals surface area contributed by atoms with E-state index in [0.29, 0.717) is 18.5 Å². The number of hydrogen-bond donors (Lipinski definition) is 1. The van der Waals surface area contributed by atoms with E-state index in [2.05, 4.69) is 27.1 Å². The number of aromatic nitrogens is 5. The van der Waals surface area contributed by atoms with E-state index in [1.54, 1.807) is 6.20 Å². The molecule has 1 N–H and O–H groups in total. The van der Waals surface area contributed by atoms with Gasteiger partial charge in [0.15, 0.2) is 11.3 Å². The molecule has 148 valence electrons.